The molecule has 0 aliphatic carbocycles. The topological polar surface area (TPSA) is 260 Å². The Hall–Kier alpha value is -10.9. The van der Waals surface area contributed by atoms with Crippen LogP contribution in [0.2, 0.25) is 5.02 Å². The lowest BCUT2D eigenvalue weighted by Gasteiger charge is -2.13. The van der Waals surface area contributed by atoms with Crippen molar-refractivity contribution >= 4 is 61.2 Å². The molecule has 6 aromatic heterocycles. The largest absolute Gasteiger partial charge is 0.497 e. The lowest BCUT2D eigenvalue weighted by molar-refractivity contribution is 0.112. The highest BCUT2D eigenvalue weighted by molar-refractivity contribution is 6.31. The standard InChI is InChI=1S/C20H18N2O4.C19H15N3O2.C12H11ClN2O2.C12H9N3O2.CH4O/c1-25-16-9-8-15(13-23)17(10-16)18-11-21-22(20(24)19(18)26-2)12-14-6-4-3-5-7-14;1-24-15-8-7-14-10-20-18-17(16(14)9-15)11-21-22(19(18)23)12-13-5-3-2-4-6-13;1-17-11-10(13)7-14-15(12(11)16)8-9-5-3-2-4-6-9;1-17-8-3-2-7-5-13-11-10(9(7)4-8)6-14-15-12(11)16;1-2/h3-11,13H,12H2,1-2H3;2-11H,12H2,1H3;2-7H,8H2,1H3;2-6H,1H3,(H,15,16);2H,1H3. The van der Waals surface area contributed by atoms with Crippen LogP contribution < -0.4 is 45.9 Å². The van der Waals surface area contributed by atoms with Crippen molar-refractivity contribution in [2.45, 2.75) is 19.6 Å². The first-order valence-corrected chi connectivity index (χ1v) is 26.6. The summed E-state index contributed by atoms with van der Waals surface area (Å²) >= 11 is 5.80. The normalized spacial score (nSPS) is 10.5. The molecule has 0 aliphatic rings. The number of rotatable bonds is 13. The minimum Gasteiger partial charge on any atom is -0.497 e. The number of halogens is 1. The maximum atomic E-state index is 12.8. The first-order chi connectivity index (χ1) is 41.9. The van der Waals surface area contributed by atoms with Crippen LogP contribution in [0, 0.1) is 0 Å². The van der Waals surface area contributed by atoms with Crippen LogP contribution in [-0.4, -0.2) is 104 Å². The SMILES string of the molecule is CO.COc1c(Cl)cnn(Cc2ccccc2)c1=O.COc1ccc(C=O)c(-c2cnn(Cc3ccccc3)c(=O)c2OC)c1.COc1ccc2cnc3c(=O)[nH]ncc3c2c1.COc1ccc2cnc3c(=O)n(Cc4ccccc4)ncc3c2c1. The number of benzene rings is 6. The number of methoxy groups -OCH3 is 5. The van der Waals surface area contributed by atoms with Gasteiger partial charge in [0.1, 0.15) is 33.3 Å². The van der Waals surface area contributed by atoms with Gasteiger partial charge in [-0.15, -0.1) is 0 Å². The minimum atomic E-state index is -0.367. The van der Waals surface area contributed by atoms with E-state index in [-0.39, 0.29) is 38.8 Å². The molecule has 2 N–H and O–H groups in total. The van der Waals surface area contributed by atoms with E-state index in [4.69, 9.17) is 40.4 Å². The second-order valence-electron chi connectivity index (χ2n) is 18.3. The number of fused-ring (bicyclic) bond motifs is 6. The van der Waals surface area contributed by atoms with Crippen LogP contribution in [0.4, 0.5) is 0 Å². The van der Waals surface area contributed by atoms with Gasteiger partial charge in [0.05, 0.1) is 85.5 Å². The Morgan fingerprint density at radius 1 is 0.465 bits per heavy atom. The van der Waals surface area contributed by atoms with Crippen LogP contribution in [0.3, 0.4) is 0 Å². The van der Waals surface area contributed by atoms with Crippen molar-refractivity contribution in [2.24, 2.45) is 0 Å². The highest BCUT2D eigenvalue weighted by Crippen LogP contribution is 2.32. The quantitative estimate of drug-likeness (QED) is 0.0807. The van der Waals surface area contributed by atoms with Crippen molar-refractivity contribution in [3.05, 3.63) is 251 Å². The van der Waals surface area contributed by atoms with Gasteiger partial charge in [-0.05, 0) is 82.1 Å². The zero-order valence-corrected chi connectivity index (χ0v) is 48.2. The number of H-pyrrole nitrogens is 1. The van der Waals surface area contributed by atoms with Crippen LogP contribution in [0.1, 0.15) is 27.0 Å². The number of aromatic nitrogens is 10. The number of carbonyl (C=O) groups is 1. The molecule has 0 amide bonds. The van der Waals surface area contributed by atoms with Crippen molar-refractivity contribution < 1.29 is 33.6 Å². The van der Waals surface area contributed by atoms with Crippen LogP contribution in [0.5, 0.6) is 28.7 Å². The number of aliphatic hydroxyl groups is 1. The molecule has 0 radical (unpaired) electrons. The van der Waals surface area contributed by atoms with Crippen molar-refractivity contribution in [1.82, 2.24) is 49.5 Å². The molecule has 6 heterocycles. The number of nitrogens with zero attached hydrogens (tertiary/aromatic N) is 9. The van der Waals surface area contributed by atoms with Gasteiger partial charge in [-0.1, -0.05) is 103 Å². The van der Waals surface area contributed by atoms with E-state index in [1.54, 1.807) is 57.2 Å². The molecule has 0 bridgehead atoms. The Morgan fingerprint density at radius 3 is 1.41 bits per heavy atom. The fraction of sp³-hybridized carbons (Fsp3) is 0.141. The number of aldehydes is 1. The Kier molecular flexibility index (Phi) is 20.9. The average Bonchev–Trinajstić information content (AvgIpc) is 2.26. The molecule has 12 rings (SSSR count). The molecule has 22 heteroatoms. The molecule has 0 spiro atoms. The molecular formula is C64H57ClN10O11. The number of hydrogen-bond acceptors (Lipinski definition) is 17. The van der Waals surface area contributed by atoms with E-state index < -0.39 is 0 Å². The van der Waals surface area contributed by atoms with E-state index in [1.807, 2.05) is 127 Å². The third-order valence-corrected chi connectivity index (χ3v) is 13.5. The fourth-order valence-corrected chi connectivity index (χ4v) is 9.10. The van der Waals surface area contributed by atoms with E-state index in [9.17, 15) is 24.0 Å². The molecular weight excluding hydrogens is 1120 g/mol. The first kappa shape index (κ1) is 61.2. The smallest absolute Gasteiger partial charge is 0.310 e. The molecule has 86 heavy (non-hydrogen) atoms. The van der Waals surface area contributed by atoms with Crippen molar-refractivity contribution in [3.8, 4) is 39.9 Å². The maximum Gasteiger partial charge on any atom is 0.310 e. The van der Waals surface area contributed by atoms with E-state index >= 15 is 0 Å². The summed E-state index contributed by atoms with van der Waals surface area (Å²) in [5.41, 5.74) is 4.00. The Bertz CT molecular complexity index is 4550. The summed E-state index contributed by atoms with van der Waals surface area (Å²) in [6.45, 7) is 1.15. The molecule has 0 saturated carbocycles. The summed E-state index contributed by atoms with van der Waals surface area (Å²) in [7, 11) is 8.60. The van der Waals surface area contributed by atoms with Gasteiger partial charge in [0.25, 0.3) is 11.1 Å². The van der Waals surface area contributed by atoms with E-state index in [2.05, 4.69) is 35.5 Å². The molecule has 0 atom stereocenters. The Balaban J connectivity index is 0.000000150. The summed E-state index contributed by atoms with van der Waals surface area (Å²) < 4.78 is 30.1. The van der Waals surface area contributed by atoms with Crippen molar-refractivity contribution in [3.63, 3.8) is 0 Å². The molecule has 21 nitrogen and oxygen atoms in total. The number of aliphatic hydroxyl groups excluding tert-OH is 1. The van der Waals surface area contributed by atoms with E-state index in [1.165, 1.54) is 47.8 Å². The second kappa shape index (κ2) is 29.4. The third-order valence-electron chi connectivity index (χ3n) is 13.2. The predicted octanol–water partition coefficient (Wildman–Crippen LogP) is 8.83. The van der Waals surface area contributed by atoms with Gasteiger partial charge >= 0.3 is 11.1 Å². The number of carbonyl (C=O) groups excluding carboxylic acids is 1. The van der Waals surface area contributed by atoms with Gasteiger partial charge in [-0.25, -0.2) is 29.1 Å². The summed E-state index contributed by atoms with van der Waals surface area (Å²) in [5.74, 6) is 2.31. The fourth-order valence-electron chi connectivity index (χ4n) is 8.90. The lowest BCUT2D eigenvalue weighted by Crippen LogP contribution is -2.25. The predicted molar refractivity (Wildman–Crippen MR) is 329 cm³/mol. The van der Waals surface area contributed by atoms with Crippen LogP contribution in [-0.2, 0) is 19.6 Å². The molecule has 0 aliphatic heterocycles. The van der Waals surface area contributed by atoms with Gasteiger partial charge in [0.15, 0.2) is 12.0 Å². The van der Waals surface area contributed by atoms with Crippen molar-refractivity contribution in [2.75, 3.05) is 42.7 Å². The molecule has 12 aromatic rings. The number of aromatic amines is 1. The van der Waals surface area contributed by atoms with Gasteiger partial charge < -0.3 is 28.8 Å². The van der Waals surface area contributed by atoms with Crippen LogP contribution in [0.25, 0.3) is 54.5 Å². The highest BCUT2D eigenvalue weighted by atomic mass is 35.5. The second-order valence-corrected chi connectivity index (χ2v) is 18.7. The number of hydrogen-bond donors (Lipinski definition) is 2. The first-order valence-electron chi connectivity index (χ1n) is 26.2. The minimum absolute atomic E-state index is 0.123. The molecule has 436 valence electrons. The number of ether oxygens (including phenoxy) is 5. The summed E-state index contributed by atoms with van der Waals surface area (Å²) in [6.07, 6.45) is 10.4. The lowest BCUT2D eigenvalue weighted by atomic mass is 10.0. The monoisotopic (exact) mass is 1180 g/mol. The Labute approximate surface area is 495 Å². The zero-order chi connectivity index (χ0) is 61.1. The molecule has 0 saturated heterocycles. The van der Waals surface area contributed by atoms with E-state index in [0.29, 0.717) is 53.1 Å². The van der Waals surface area contributed by atoms with Crippen LogP contribution >= 0.6 is 11.6 Å². The van der Waals surface area contributed by atoms with Gasteiger partial charge in [-0.3, -0.25) is 24.0 Å². The summed E-state index contributed by atoms with van der Waals surface area (Å²) in [4.78, 5) is 68.9. The number of nitrogens with one attached hydrogen (secondary N) is 1. The Morgan fingerprint density at radius 2 is 0.907 bits per heavy atom. The van der Waals surface area contributed by atoms with E-state index in [0.717, 1.165) is 73.9 Å². The molecule has 0 fully saturated rings. The van der Waals surface area contributed by atoms with Crippen LogP contribution in [0.15, 0.2) is 202 Å². The molecule has 6 aromatic carbocycles. The molecule has 0 unspecified atom stereocenters. The third kappa shape index (κ3) is 14.3. The van der Waals surface area contributed by atoms with Crippen molar-refractivity contribution in [1.29, 1.82) is 0 Å². The number of pyridine rings is 2. The summed E-state index contributed by atoms with van der Waals surface area (Å²) in [6, 6.07) is 45.3. The zero-order valence-electron chi connectivity index (χ0n) is 47.5. The summed E-state index contributed by atoms with van der Waals surface area (Å²) in [5, 5.41) is 31.1. The highest BCUT2D eigenvalue weighted by Gasteiger charge is 2.18. The van der Waals surface area contributed by atoms with Gasteiger partial charge in [-0.2, -0.15) is 20.4 Å². The van der Waals surface area contributed by atoms with Gasteiger partial charge in [0, 0.05) is 52.2 Å². The average molecular weight is 1180 g/mol. The maximum absolute atomic E-state index is 12.8. The van der Waals surface area contributed by atoms with Gasteiger partial charge in [0.2, 0.25) is 5.75 Å².